The number of benzene rings is 1. The summed E-state index contributed by atoms with van der Waals surface area (Å²) in [6.45, 7) is 7.24. The number of aromatic amines is 1. The van der Waals surface area contributed by atoms with E-state index in [1.54, 1.807) is 17.0 Å². The first-order valence-corrected chi connectivity index (χ1v) is 9.43. The van der Waals surface area contributed by atoms with Crippen molar-refractivity contribution in [2.24, 2.45) is 5.92 Å². The molecule has 28 heavy (non-hydrogen) atoms. The van der Waals surface area contributed by atoms with Crippen LogP contribution in [0.4, 0.5) is 4.39 Å². The van der Waals surface area contributed by atoms with E-state index in [0.717, 1.165) is 18.1 Å². The molecule has 0 unspecified atom stereocenters. The van der Waals surface area contributed by atoms with Gasteiger partial charge in [0, 0.05) is 12.1 Å². The van der Waals surface area contributed by atoms with Crippen LogP contribution in [-0.2, 0) is 6.54 Å². The van der Waals surface area contributed by atoms with Crippen molar-refractivity contribution in [2.45, 2.75) is 39.8 Å². The molecule has 146 valence electrons. The quantitative estimate of drug-likeness (QED) is 0.750. The van der Waals surface area contributed by atoms with E-state index in [4.69, 9.17) is 0 Å². The third-order valence-corrected chi connectivity index (χ3v) is 5.08. The van der Waals surface area contributed by atoms with E-state index in [1.165, 1.54) is 18.3 Å². The van der Waals surface area contributed by atoms with Crippen LogP contribution in [0.1, 0.15) is 48.3 Å². The largest absolute Gasteiger partial charge is 0.329 e. The number of amides is 1. The average Bonchev–Trinajstić information content (AvgIpc) is 3.28. The maximum absolute atomic E-state index is 13.6. The number of H-pyrrole nitrogens is 1. The lowest BCUT2D eigenvalue weighted by Gasteiger charge is -2.35. The Hall–Kier alpha value is -3.03. The van der Waals surface area contributed by atoms with Crippen molar-refractivity contribution in [3.05, 3.63) is 53.5 Å². The number of nitrogens with zero attached hydrogens (tertiary/aromatic N) is 5. The van der Waals surface area contributed by atoms with Gasteiger partial charge in [-0.05, 0) is 31.4 Å². The van der Waals surface area contributed by atoms with Crippen LogP contribution >= 0.6 is 0 Å². The second-order valence-electron chi connectivity index (χ2n) is 7.67. The first-order valence-electron chi connectivity index (χ1n) is 9.43. The van der Waals surface area contributed by atoms with Crippen molar-refractivity contribution < 1.29 is 9.18 Å². The average molecular weight is 382 g/mol. The summed E-state index contributed by atoms with van der Waals surface area (Å²) in [7, 11) is 0. The van der Waals surface area contributed by atoms with Crippen LogP contribution in [0.5, 0.6) is 0 Å². The van der Waals surface area contributed by atoms with Crippen molar-refractivity contribution in [3.63, 3.8) is 0 Å². The van der Waals surface area contributed by atoms with Gasteiger partial charge in [-0.2, -0.15) is 5.10 Å². The first kappa shape index (κ1) is 18.3. The molecular weight excluding hydrogens is 359 g/mol. The van der Waals surface area contributed by atoms with Crippen LogP contribution < -0.4 is 0 Å². The summed E-state index contributed by atoms with van der Waals surface area (Å²) in [6, 6.07) is 6.27. The highest BCUT2D eigenvalue weighted by Crippen LogP contribution is 2.30. The van der Waals surface area contributed by atoms with E-state index in [9.17, 15) is 9.18 Å². The predicted molar refractivity (Wildman–Crippen MR) is 102 cm³/mol. The molecule has 1 aromatic carbocycles. The Morgan fingerprint density at radius 3 is 2.93 bits per heavy atom. The lowest BCUT2D eigenvalue weighted by Crippen LogP contribution is -2.42. The number of hydrogen-bond donors (Lipinski definition) is 1. The summed E-state index contributed by atoms with van der Waals surface area (Å²) in [4.78, 5) is 15.1. The molecular formula is C20H23FN6O. The lowest BCUT2D eigenvalue weighted by molar-refractivity contribution is 0.0661. The molecule has 1 amide bonds. The minimum atomic E-state index is -0.357. The first-order chi connectivity index (χ1) is 13.4. The Morgan fingerprint density at radius 1 is 1.36 bits per heavy atom. The fourth-order valence-corrected chi connectivity index (χ4v) is 3.93. The van der Waals surface area contributed by atoms with Gasteiger partial charge in [-0.25, -0.2) is 4.39 Å². The minimum Gasteiger partial charge on any atom is -0.329 e. The van der Waals surface area contributed by atoms with E-state index in [0.29, 0.717) is 35.8 Å². The van der Waals surface area contributed by atoms with Crippen LogP contribution in [0.2, 0.25) is 0 Å². The van der Waals surface area contributed by atoms with Crippen LogP contribution in [-0.4, -0.2) is 42.3 Å². The number of nitrogens with one attached hydrogen (secondary N) is 1. The van der Waals surface area contributed by atoms with Crippen molar-refractivity contribution in [3.8, 4) is 11.3 Å². The summed E-state index contributed by atoms with van der Waals surface area (Å²) >= 11 is 0. The van der Waals surface area contributed by atoms with Gasteiger partial charge in [0.2, 0.25) is 0 Å². The molecule has 4 rings (SSSR count). The van der Waals surface area contributed by atoms with E-state index in [2.05, 4.69) is 38.8 Å². The Labute approximate surface area is 162 Å². The van der Waals surface area contributed by atoms with Gasteiger partial charge >= 0.3 is 0 Å². The van der Waals surface area contributed by atoms with Gasteiger partial charge < -0.3 is 9.47 Å². The van der Waals surface area contributed by atoms with Crippen molar-refractivity contribution in [2.75, 3.05) is 6.54 Å². The van der Waals surface area contributed by atoms with Crippen LogP contribution in [0, 0.1) is 18.7 Å². The molecule has 8 heteroatoms. The van der Waals surface area contributed by atoms with Crippen molar-refractivity contribution in [1.82, 2.24) is 29.9 Å². The fourth-order valence-electron chi connectivity index (χ4n) is 3.93. The minimum absolute atomic E-state index is 0.132. The summed E-state index contributed by atoms with van der Waals surface area (Å²) in [5.74, 6) is 1.64. The Balaban J connectivity index is 1.66. The number of halogens is 1. The molecule has 0 bridgehead atoms. The summed E-state index contributed by atoms with van der Waals surface area (Å²) in [5, 5.41) is 15.3. The predicted octanol–water partition coefficient (Wildman–Crippen LogP) is 3.36. The topological polar surface area (TPSA) is 79.7 Å². The SMILES string of the molecule is Cc1nnc2n1[C@@H](CC(C)C)CN(C(=O)c1cn[nH]c1-c1cccc(F)c1)C2. The zero-order valence-electron chi connectivity index (χ0n) is 16.2. The molecule has 1 N–H and O–H groups in total. The lowest BCUT2D eigenvalue weighted by atomic mass is 10.0. The Morgan fingerprint density at radius 2 is 2.18 bits per heavy atom. The molecule has 3 heterocycles. The Kier molecular flexibility index (Phi) is 4.70. The number of aryl methyl sites for hydroxylation is 1. The molecule has 1 aliphatic rings. The molecule has 3 aromatic rings. The van der Waals surface area contributed by atoms with Gasteiger partial charge in [0.1, 0.15) is 11.6 Å². The molecule has 0 spiro atoms. The van der Waals surface area contributed by atoms with Gasteiger partial charge in [0.15, 0.2) is 5.82 Å². The van der Waals surface area contributed by atoms with Crippen LogP contribution in [0.15, 0.2) is 30.5 Å². The normalized spacial score (nSPS) is 16.5. The second kappa shape index (κ2) is 7.18. The highest BCUT2D eigenvalue weighted by Gasteiger charge is 2.32. The number of hydrogen-bond acceptors (Lipinski definition) is 4. The maximum Gasteiger partial charge on any atom is 0.258 e. The molecule has 0 saturated carbocycles. The van der Waals surface area contributed by atoms with Crippen molar-refractivity contribution >= 4 is 5.91 Å². The zero-order valence-corrected chi connectivity index (χ0v) is 16.2. The molecule has 2 aromatic heterocycles. The molecule has 0 radical (unpaired) electrons. The van der Waals surface area contributed by atoms with Gasteiger partial charge in [0.25, 0.3) is 5.91 Å². The highest BCUT2D eigenvalue weighted by molar-refractivity contribution is 5.99. The molecule has 0 fully saturated rings. The van der Waals surface area contributed by atoms with Gasteiger partial charge in [-0.1, -0.05) is 26.0 Å². The van der Waals surface area contributed by atoms with Gasteiger partial charge in [-0.15, -0.1) is 10.2 Å². The van der Waals surface area contributed by atoms with E-state index >= 15 is 0 Å². The standard InChI is InChI=1S/C20H23FN6O/c1-12(2)7-16-10-26(11-18-24-23-13(3)27(16)18)20(28)17-9-22-25-19(17)14-5-4-6-15(21)8-14/h4-6,8-9,12,16H,7,10-11H2,1-3H3,(H,22,25)/t16-/m0/s1. The zero-order chi connectivity index (χ0) is 19.8. The highest BCUT2D eigenvalue weighted by atomic mass is 19.1. The summed E-state index contributed by atoms with van der Waals surface area (Å²) in [6.07, 6.45) is 2.43. The number of fused-ring (bicyclic) bond motifs is 1. The van der Waals surface area contributed by atoms with Crippen molar-refractivity contribution in [1.29, 1.82) is 0 Å². The molecule has 0 saturated heterocycles. The second-order valence-corrected chi connectivity index (χ2v) is 7.67. The van der Waals surface area contributed by atoms with Gasteiger partial charge in [0.05, 0.1) is 30.0 Å². The summed E-state index contributed by atoms with van der Waals surface area (Å²) in [5.41, 5.74) is 1.54. The fraction of sp³-hybridized carbons (Fsp3) is 0.400. The van der Waals surface area contributed by atoms with Crippen LogP contribution in [0.25, 0.3) is 11.3 Å². The van der Waals surface area contributed by atoms with E-state index in [-0.39, 0.29) is 17.8 Å². The molecule has 0 aliphatic carbocycles. The maximum atomic E-state index is 13.6. The number of aromatic nitrogens is 5. The van der Waals surface area contributed by atoms with Gasteiger partial charge in [-0.3, -0.25) is 9.89 Å². The number of rotatable bonds is 4. The third kappa shape index (κ3) is 3.30. The Bertz CT molecular complexity index is 1010. The van der Waals surface area contributed by atoms with Crippen LogP contribution in [0.3, 0.4) is 0 Å². The molecule has 1 atom stereocenters. The third-order valence-electron chi connectivity index (χ3n) is 5.08. The van der Waals surface area contributed by atoms with E-state index in [1.807, 2.05) is 6.92 Å². The number of carbonyl (C=O) groups excluding carboxylic acids is 1. The monoisotopic (exact) mass is 382 g/mol. The smallest absolute Gasteiger partial charge is 0.258 e. The summed E-state index contributed by atoms with van der Waals surface area (Å²) < 4.78 is 15.8. The van der Waals surface area contributed by atoms with E-state index < -0.39 is 0 Å². The number of carbonyl (C=O) groups is 1. The molecule has 1 aliphatic heterocycles. The molecule has 7 nitrogen and oxygen atoms in total.